The molecule has 0 bridgehead atoms. The van der Waals surface area contributed by atoms with Gasteiger partial charge in [-0.05, 0) is 52.2 Å². The van der Waals surface area contributed by atoms with E-state index in [9.17, 15) is 14.9 Å². The van der Waals surface area contributed by atoms with E-state index >= 15 is 0 Å². The molecule has 3 rings (SSSR count). The minimum Gasteiger partial charge on any atom is -0.335 e. The summed E-state index contributed by atoms with van der Waals surface area (Å²) >= 11 is 0. The number of urea groups is 1. The lowest BCUT2D eigenvalue weighted by atomic mass is 9.79. The number of benzene rings is 1. The van der Waals surface area contributed by atoms with Gasteiger partial charge in [-0.25, -0.2) is 4.79 Å². The standard InChI is InChI=1S/C22H31N5O2/c1-21(2)11-18(12-22(3,4)25-21)24-20(29)27-10-9-26(19(28)15-27)14-17-8-6-5-7-16(17)13-23/h5-8,18,25H,9-12,14-15H2,1-4H3,(H,24,29). The topological polar surface area (TPSA) is 88.5 Å². The van der Waals surface area contributed by atoms with Crippen LogP contribution in [-0.2, 0) is 11.3 Å². The summed E-state index contributed by atoms with van der Waals surface area (Å²) in [5.41, 5.74) is 1.31. The number of carbonyl (C=O) groups is 2. The first kappa shape index (κ1) is 21.1. The van der Waals surface area contributed by atoms with Crippen LogP contribution in [0, 0.1) is 11.3 Å². The largest absolute Gasteiger partial charge is 0.335 e. The van der Waals surface area contributed by atoms with Crippen LogP contribution in [0.4, 0.5) is 4.79 Å². The Morgan fingerprint density at radius 3 is 2.48 bits per heavy atom. The normalized spacial score (nSPS) is 21.6. The quantitative estimate of drug-likeness (QED) is 0.819. The third-order valence-corrected chi connectivity index (χ3v) is 5.62. The molecule has 0 aromatic heterocycles. The van der Waals surface area contributed by atoms with Crippen LogP contribution in [0.1, 0.15) is 51.7 Å². The molecule has 0 atom stereocenters. The van der Waals surface area contributed by atoms with Crippen molar-refractivity contribution in [3.05, 3.63) is 35.4 Å². The molecule has 2 heterocycles. The summed E-state index contributed by atoms with van der Waals surface area (Å²) in [5.74, 6) is -0.0925. The van der Waals surface area contributed by atoms with Crippen molar-refractivity contribution < 1.29 is 9.59 Å². The Bertz CT molecular complexity index is 811. The Morgan fingerprint density at radius 2 is 1.86 bits per heavy atom. The SMILES string of the molecule is CC1(C)CC(NC(=O)N2CCN(Cc3ccccc3C#N)C(=O)C2)CC(C)(C)N1. The van der Waals surface area contributed by atoms with Gasteiger partial charge in [-0.3, -0.25) is 4.79 Å². The van der Waals surface area contributed by atoms with Gasteiger partial charge in [0.25, 0.3) is 0 Å². The number of carbonyl (C=O) groups excluding carboxylic acids is 2. The lowest BCUT2D eigenvalue weighted by Crippen LogP contribution is -2.63. The Labute approximate surface area is 173 Å². The zero-order valence-electron chi connectivity index (χ0n) is 17.8. The number of piperidine rings is 1. The highest BCUT2D eigenvalue weighted by Gasteiger charge is 2.39. The molecule has 0 spiro atoms. The Balaban J connectivity index is 1.57. The van der Waals surface area contributed by atoms with Crippen molar-refractivity contribution >= 4 is 11.9 Å². The van der Waals surface area contributed by atoms with E-state index in [-0.39, 0.29) is 35.6 Å². The van der Waals surface area contributed by atoms with E-state index in [4.69, 9.17) is 0 Å². The van der Waals surface area contributed by atoms with Crippen molar-refractivity contribution in [1.29, 1.82) is 5.26 Å². The highest BCUT2D eigenvalue weighted by molar-refractivity contribution is 5.85. The molecule has 1 aromatic rings. The highest BCUT2D eigenvalue weighted by atomic mass is 16.2. The average Bonchev–Trinajstić information content (AvgIpc) is 2.61. The van der Waals surface area contributed by atoms with Crippen LogP contribution in [0.3, 0.4) is 0 Å². The monoisotopic (exact) mass is 397 g/mol. The molecule has 1 aromatic carbocycles. The zero-order chi connectivity index (χ0) is 21.2. The van der Waals surface area contributed by atoms with Gasteiger partial charge in [-0.1, -0.05) is 18.2 Å². The number of nitrogens with zero attached hydrogens (tertiary/aromatic N) is 3. The Morgan fingerprint density at radius 1 is 1.21 bits per heavy atom. The Hall–Kier alpha value is -2.59. The van der Waals surface area contributed by atoms with Gasteiger partial charge < -0.3 is 20.4 Å². The third kappa shape index (κ3) is 5.27. The van der Waals surface area contributed by atoms with Crippen LogP contribution in [-0.4, -0.2) is 58.5 Å². The molecule has 2 saturated heterocycles. The molecule has 7 nitrogen and oxygen atoms in total. The second kappa shape index (κ2) is 8.03. The summed E-state index contributed by atoms with van der Waals surface area (Å²) in [7, 11) is 0. The van der Waals surface area contributed by atoms with E-state index in [2.05, 4.69) is 44.4 Å². The van der Waals surface area contributed by atoms with Gasteiger partial charge in [-0.2, -0.15) is 5.26 Å². The lowest BCUT2D eigenvalue weighted by molar-refractivity contribution is -0.135. The van der Waals surface area contributed by atoms with Gasteiger partial charge in [0.2, 0.25) is 5.91 Å². The number of piperazine rings is 1. The Kier molecular flexibility index (Phi) is 5.85. The first-order valence-corrected chi connectivity index (χ1v) is 10.2. The molecule has 2 aliphatic heterocycles. The summed E-state index contributed by atoms with van der Waals surface area (Å²) in [5, 5.41) is 16.0. The van der Waals surface area contributed by atoms with Gasteiger partial charge in [0.1, 0.15) is 6.54 Å². The smallest absolute Gasteiger partial charge is 0.318 e. The van der Waals surface area contributed by atoms with Crippen LogP contribution in [0.15, 0.2) is 24.3 Å². The number of nitrogens with one attached hydrogen (secondary N) is 2. The van der Waals surface area contributed by atoms with Crippen LogP contribution >= 0.6 is 0 Å². The molecule has 0 unspecified atom stereocenters. The van der Waals surface area contributed by atoms with Crippen LogP contribution in [0.2, 0.25) is 0 Å². The van der Waals surface area contributed by atoms with Gasteiger partial charge in [0.15, 0.2) is 0 Å². The van der Waals surface area contributed by atoms with Gasteiger partial charge in [0.05, 0.1) is 11.6 Å². The third-order valence-electron chi connectivity index (χ3n) is 5.62. The second-order valence-electron chi connectivity index (χ2n) is 9.45. The van der Waals surface area contributed by atoms with E-state index < -0.39 is 0 Å². The molecule has 0 aliphatic carbocycles. The molecule has 2 N–H and O–H groups in total. The van der Waals surface area contributed by atoms with E-state index in [0.29, 0.717) is 25.2 Å². The molecule has 156 valence electrons. The van der Waals surface area contributed by atoms with Crippen LogP contribution in [0.25, 0.3) is 0 Å². The summed E-state index contributed by atoms with van der Waals surface area (Å²) in [6.07, 6.45) is 1.70. The van der Waals surface area contributed by atoms with E-state index in [1.54, 1.807) is 15.9 Å². The maximum atomic E-state index is 12.8. The van der Waals surface area contributed by atoms with E-state index in [1.165, 1.54) is 0 Å². The summed E-state index contributed by atoms with van der Waals surface area (Å²) < 4.78 is 0. The molecule has 29 heavy (non-hydrogen) atoms. The van der Waals surface area contributed by atoms with Crippen molar-refractivity contribution in [2.75, 3.05) is 19.6 Å². The minimum absolute atomic E-state index is 0.0532. The highest BCUT2D eigenvalue weighted by Crippen LogP contribution is 2.28. The second-order valence-corrected chi connectivity index (χ2v) is 9.45. The van der Waals surface area contributed by atoms with Crippen molar-refractivity contribution in [3.8, 4) is 6.07 Å². The maximum Gasteiger partial charge on any atom is 0.318 e. The maximum absolute atomic E-state index is 12.8. The summed E-state index contributed by atoms with van der Waals surface area (Å²) in [6, 6.07) is 9.37. The summed E-state index contributed by atoms with van der Waals surface area (Å²) in [6.45, 7) is 10.0. The fourth-order valence-corrected chi connectivity index (χ4v) is 4.71. The lowest BCUT2D eigenvalue weighted by Gasteiger charge is -2.47. The fourth-order valence-electron chi connectivity index (χ4n) is 4.71. The van der Waals surface area contributed by atoms with Crippen LogP contribution in [0.5, 0.6) is 0 Å². The van der Waals surface area contributed by atoms with Gasteiger partial charge in [0, 0.05) is 36.8 Å². The molecule has 2 fully saturated rings. The number of hydrogen-bond acceptors (Lipinski definition) is 4. The number of rotatable bonds is 3. The molecule has 0 radical (unpaired) electrons. The molecular weight excluding hydrogens is 366 g/mol. The number of amides is 3. The fraction of sp³-hybridized carbons (Fsp3) is 0.591. The molecular formula is C22H31N5O2. The summed E-state index contributed by atoms with van der Waals surface area (Å²) in [4.78, 5) is 28.7. The number of nitriles is 1. The molecule has 2 aliphatic rings. The van der Waals surface area contributed by atoms with E-state index in [0.717, 1.165) is 18.4 Å². The van der Waals surface area contributed by atoms with Crippen molar-refractivity contribution in [2.24, 2.45) is 0 Å². The molecule has 0 saturated carbocycles. The first-order chi connectivity index (χ1) is 13.6. The van der Waals surface area contributed by atoms with Crippen molar-refractivity contribution in [1.82, 2.24) is 20.4 Å². The van der Waals surface area contributed by atoms with Gasteiger partial charge >= 0.3 is 6.03 Å². The van der Waals surface area contributed by atoms with Crippen molar-refractivity contribution in [3.63, 3.8) is 0 Å². The zero-order valence-corrected chi connectivity index (χ0v) is 17.8. The average molecular weight is 398 g/mol. The van der Waals surface area contributed by atoms with E-state index in [1.807, 2.05) is 18.2 Å². The molecule has 3 amide bonds. The predicted octanol–water partition coefficient (Wildman–Crippen LogP) is 2.22. The molecule has 7 heteroatoms. The van der Waals surface area contributed by atoms with Crippen LogP contribution < -0.4 is 10.6 Å². The predicted molar refractivity (Wildman–Crippen MR) is 111 cm³/mol. The van der Waals surface area contributed by atoms with Gasteiger partial charge in [-0.15, -0.1) is 0 Å². The first-order valence-electron chi connectivity index (χ1n) is 10.2. The number of hydrogen-bond donors (Lipinski definition) is 2. The minimum atomic E-state index is -0.172. The van der Waals surface area contributed by atoms with Crippen molar-refractivity contribution in [2.45, 2.75) is 64.2 Å².